The fourth-order valence-corrected chi connectivity index (χ4v) is 3.51. The monoisotopic (exact) mass is 300 g/mol. The highest BCUT2D eigenvalue weighted by atomic mass is 35.5. The number of halogens is 2. The number of nitrogens with zero attached hydrogens (tertiary/aromatic N) is 1. The average molecular weight is 301 g/mol. The van der Waals surface area contributed by atoms with E-state index in [2.05, 4.69) is 17.9 Å². The van der Waals surface area contributed by atoms with Crippen molar-refractivity contribution in [1.29, 1.82) is 0 Å². The molecule has 0 bridgehead atoms. The number of hydrogen-bond acceptors (Lipinski definition) is 2. The van der Waals surface area contributed by atoms with E-state index in [1.807, 2.05) is 12.1 Å². The molecule has 106 valence electrons. The lowest BCUT2D eigenvalue weighted by molar-refractivity contribution is 0.162. The van der Waals surface area contributed by atoms with Gasteiger partial charge in [0.05, 0.1) is 10.0 Å². The van der Waals surface area contributed by atoms with Crippen molar-refractivity contribution in [1.82, 2.24) is 4.90 Å². The second kappa shape index (κ2) is 6.94. The van der Waals surface area contributed by atoms with Gasteiger partial charge in [-0.3, -0.25) is 4.90 Å². The standard InChI is InChI=1S/C15H22Cl2N2/c1-2-19(14-8-4-5-11(14)9-18)10-12-6-3-7-13(16)15(12)17/h3,6-7,11,14H,2,4-5,8-10,18H2,1H3. The summed E-state index contributed by atoms with van der Waals surface area (Å²) >= 11 is 12.4. The fraction of sp³-hybridized carbons (Fsp3) is 0.600. The van der Waals surface area contributed by atoms with Crippen LogP contribution < -0.4 is 5.73 Å². The van der Waals surface area contributed by atoms with Crippen LogP contribution in [0.15, 0.2) is 18.2 Å². The van der Waals surface area contributed by atoms with Gasteiger partial charge in [-0.2, -0.15) is 0 Å². The molecule has 1 fully saturated rings. The van der Waals surface area contributed by atoms with Crippen LogP contribution in [0.5, 0.6) is 0 Å². The number of nitrogens with two attached hydrogens (primary N) is 1. The van der Waals surface area contributed by atoms with Crippen LogP contribution in [0.1, 0.15) is 31.7 Å². The minimum absolute atomic E-state index is 0.588. The molecule has 1 aliphatic carbocycles. The van der Waals surface area contributed by atoms with Gasteiger partial charge in [-0.05, 0) is 43.5 Å². The third-order valence-corrected chi connectivity index (χ3v) is 5.06. The Labute approximate surface area is 125 Å². The lowest BCUT2D eigenvalue weighted by atomic mass is 10.0. The third-order valence-electron chi connectivity index (χ3n) is 4.20. The van der Waals surface area contributed by atoms with E-state index in [-0.39, 0.29) is 0 Å². The molecule has 2 unspecified atom stereocenters. The molecule has 0 heterocycles. The van der Waals surface area contributed by atoms with E-state index in [0.717, 1.165) is 25.2 Å². The summed E-state index contributed by atoms with van der Waals surface area (Å²) in [6.07, 6.45) is 3.78. The van der Waals surface area contributed by atoms with Crippen LogP contribution in [0.2, 0.25) is 10.0 Å². The first-order valence-electron chi connectivity index (χ1n) is 7.04. The number of hydrogen-bond donors (Lipinski definition) is 1. The van der Waals surface area contributed by atoms with Gasteiger partial charge in [0.1, 0.15) is 0 Å². The van der Waals surface area contributed by atoms with Crippen molar-refractivity contribution in [2.45, 2.75) is 38.8 Å². The zero-order valence-corrected chi connectivity index (χ0v) is 12.9. The lowest BCUT2D eigenvalue weighted by Gasteiger charge is -2.32. The number of rotatable bonds is 5. The van der Waals surface area contributed by atoms with Crippen molar-refractivity contribution >= 4 is 23.2 Å². The van der Waals surface area contributed by atoms with Gasteiger partial charge in [0.25, 0.3) is 0 Å². The van der Waals surface area contributed by atoms with Gasteiger partial charge in [0.2, 0.25) is 0 Å². The summed E-state index contributed by atoms with van der Waals surface area (Å²) in [6, 6.07) is 6.45. The molecule has 0 radical (unpaired) electrons. The van der Waals surface area contributed by atoms with E-state index in [9.17, 15) is 0 Å². The van der Waals surface area contributed by atoms with Gasteiger partial charge in [0, 0.05) is 12.6 Å². The fourth-order valence-electron chi connectivity index (χ4n) is 3.13. The maximum absolute atomic E-state index is 6.29. The second-order valence-corrected chi connectivity index (χ2v) is 6.06. The molecule has 2 rings (SSSR count). The molecular weight excluding hydrogens is 279 g/mol. The van der Waals surface area contributed by atoms with E-state index in [1.165, 1.54) is 19.3 Å². The minimum Gasteiger partial charge on any atom is -0.330 e. The van der Waals surface area contributed by atoms with E-state index in [4.69, 9.17) is 28.9 Å². The maximum Gasteiger partial charge on any atom is 0.0637 e. The Hall–Kier alpha value is -0.280. The van der Waals surface area contributed by atoms with Crippen LogP contribution >= 0.6 is 23.2 Å². The molecule has 4 heteroatoms. The van der Waals surface area contributed by atoms with Crippen molar-refractivity contribution < 1.29 is 0 Å². The minimum atomic E-state index is 0.588. The summed E-state index contributed by atoms with van der Waals surface area (Å²) < 4.78 is 0. The summed E-state index contributed by atoms with van der Waals surface area (Å²) in [5, 5.41) is 1.32. The molecule has 0 aliphatic heterocycles. The largest absolute Gasteiger partial charge is 0.330 e. The second-order valence-electron chi connectivity index (χ2n) is 5.27. The first-order valence-corrected chi connectivity index (χ1v) is 7.80. The summed E-state index contributed by atoms with van der Waals surface area (Å²) in [4.78, 5) is 2.49. The molecule has 1 aromatic rings. The molecular formula is C15H22Cl2N2. The predicted molar refractivity (Wildman–Crippen MR) is 82.7 cm³/mol. The highest BCUT2D eigenvalue weighted by molar-refractivity contribution is 6.42. The van der Waals surface area contributed by atoms with Crippen LogP contribution in [-0.2, 0) is 6.54 Å². The van der Waals surface area contributed by atoms with Crippen LogP contribution in [0.4, 0.5) is 0 Å². The van der Waals surface area contributed by atoms with Crippen molar-refractivity contribution in [3.63, 3.8) is 0 Å². The van der Waals surface area contributed by atoms with Crippen LogP contribution in [0, 0.1) is 5.92 Å². The molecule has 1 saturated carbocycles. The first kappa shape index (κ1) is 15.1. The van der Waals surface area contributed by atoms with Gasteiger partial charge < -0.3 is 5.73 Å². The third kappa shape index (κ3) is 3.43. The van der Waals surface area contributed by atoms with Crippen molar-refractivity contribution in [2.75, 3.05) is 13.1 Å². The molecule has 1 aromatic carbocycles. The number of benzene rings is 1. The van der Waals surface area contributed by atoms with Gasteiger partial charge >= 0.3 is 0 Å². The molecule has 2 N–H and O–H groups in total. The Morgan fingerprint density at radius 3 is 2.79 bits per heavy atom. The SMILES string of the molecule is CCN(Cc1cccc(Cl)c1Cl)C1CCCC1CN. The quantitative estimate of drug-likeness (QED) is 0.892. The van der Waals surface area contributed by atoms with Crippen LogP contribution in [0.3, 0.4) is 0 Å². The normalized spacial score (nSPS) is 23.2. The Morgan fingerprint density at radius 2 is 2.11 bits per heavy atom. The average Bonchev–Trinajstić information content (AvgIpc) is 2.88. The zero-order valence-electron chi connectivity index (χ0n) is 11.4. The van der Waals surface area contributed by atoms with E-state index in [0.29, 0.717) is 22.0 Å². The summed E-state index contributed by atoms with van der Waals surface area (Å²) in [7, 11) is 0. The van der Waals surface area contributed by atoms with Crippen LogP contribution in [-0.4, -0.2) is 24.0 Å². The molecule has 19 heavy (non-hydrogen) atoms. The maximum atomic E-state index is 6.29. The molecule has 0 aromatic heterocycles. The van der Waals surface area contributed by atoms with E-state index < -0.39 is 0 Å². The Morgan fingerprint density at radius 1 is 1.32 bits per heavy atom. The molecule has 2 nitrogen and oxygen atoms in total. The highest BCUT2D eigenvalue weighted by Crippen LogP contribution is 2.32. The van der Waals surface area contributed by atoms with Gasteiger partial charge in [-0.15, -0.1) is 0 Å². The van der Waals surface area contributed by atoms with E-state index in [1.54, 1.807) is 0 Å². The van der Waals surface area contributed by atoms with Gasteiger partial charge in [-0.25, -0.2) is 0 Å². The Balaban J connectivity index is 2.12. The van der Waals surface area contributed by atoms with Gasteiger partial charge in [-0.1, -0.05) is 48.7 Å². The predicted octanol–water partition coefficient (Wildman–Crippen LogP) is 3.94. The smallest absolute Gasteiger partial charge is 0.0637 e. The molecule has 0 amide bonds. The Kier molecular flexibility index (Phi) is 5.52. The summed E-state index contributed by atoms with van der Waals surface area (Å²) in [6.45, 7) is 4.86. The molecule has 0 saturated heterocycles. The van der Waals surface area contributed by atoms with Crippen molar-refractivity contribution in [2.24, 2.45) is 11.7 Å². The zero-order chi connectivity index (χ0) is 13.8. The summed E-state index contributed by atoms with van der Waals surface area (Å²) in [5.74, 6) is 0.623. The van der Waals surface area contributed by atoms with Crippen LogP contribution in [0.25, 0.3) is 0 Å². The van der Waals surface area contributed by atoms with Crippen molar-refractivity contribution in [3.05, 3.63) is 33.8 Å². The van der Waals surface area contributed by atoms with Crippen molar-refractivity contribution in [3.8, 4) is 0 Å². The lowest BCUT2D eigenvalue weighted by Crippen LogP contribution is -2.39. The molecule has 0 spiro atoms. The topological polar surface area (TPSA) is 29.3 Å². The van der Waals surface area contributed by atoms with E-state index >= 15 is 0 Å². The molecule has 2 atom stereocenters. The highest BCUT2D eigenvalue weighted by Gasteiger charge is 2.30. The van der Waals surface area contributed by atoms with Gasteiger partial charge in [0.15, 0.2) is 0 Å². The Bertz CT molecular complexity index is 423. The molecule has 1 aliphatic rings. The summed E-state index contributed by atoms with van der Waals surface area (Å²) in [5.41, 5.74) is 7.00. The first-order chi connectivity index (χ1) is 9.17.